The van der Waals surface area contributed by atoms with Crippen molar-refractivity contribution in [2.24, 2.45) is 0 Å². The van der Waals surface area contributed by atoms with Gasteiger partial charge >= 0.3 is 0 Å². The van der Waals surface area contributed by atoms with E-state index in [0.29, 0.717) is 11.6 Å². The molecule has 2 N–H and O–H groups in total. The Balaban J connectivity index is 0.00000234. The largest absolute Gasteiger partial charge is 0.308 e. The Kier molecular flexibility index (Phi) is 7.72. The number of hydrogen-bond donors (Lipinski definition) is 2. The van der Waals surface area contributed by atoms with E-state index in [2.05, 4.69) is 215 Å². The molecule has 2 aliphatic rings. The van der Waals surface area contributed by atoms with Crippen LogP contribution in [0.3, 0.4) is 0 Å². The molecule has 11 aromatic rings. The van der Waals surface area contributed by atoms with Crippen LogP contribution in [0.15, 0.2) is 218 Å². The molecule has 2 aliphatic heterocycles. The summed E-state index contributed by atoms with van der Waals surface area (Å²) in [5.74, 6) is 0.342. The van der Waals surface area contributed by atoms with Crippen LogP contribution in [0.1, 0.15) is 2.85 Å². The maximum atomic E-state index is 5.12. The molecule has 6 nitrogen and oxygen atoms in total. The van der Waals surface area contributed by atoms with Gasteiger partial charge in [0.2, 0.25) is 0 Å². The summed E-state index contributed by atoms with van der Waals surface area (Å²) in [4.78, 5) is 15.0. The first-order chi connectivity index (χ1) is 31.2. The summed E-state index contributed by atoms with van der Waals surface area (Å²) < 4.78 is 0. The Bertz CT molecular complexity index is 3510. The van der Waals surface area contributed by atoms with Crippen LogP contribution >= 0.6 is 0 Å². The summed E-state index contributed by atoms with van der Waals surface area (Å²) in [7, 11) is 0. The number of fused-ring (bicyclic) bond motifs is 6. The Morgan fingerprint density at radius 2 is 0.841 bits per heavy atom. The number of para-hydroxylation sites is 4. The van der Waals surface area contributed by atoms with E-state index in [4.69, 9.17) is 9.97 Å². The average molecular weight is 811 g/mol. The van der Waals surface area contributed by atoms with Gasteiger partial charge in [-0.3, -0.25) is 9.80 Å². The Morgan fingerprint density at radius 1 is 0.349 bits per heavy atom. The fraction of sp³-hybridized carbons (Fsp3) is 0.0175. The van der Waals surface area contributed by atoms with Crippen molar-refractivity contribution in [3.8, 4) is 33.4 Å². The summed E-state index contributed by atoms with van der Waals surface area (Å²) in [6.07, 6.45) is 0. The van der Waals surface area contributed by atoms with Crippen LogP contribution < -0.4 is 20.4 Å². The molecule has 63 heavy (non-hydrogen) atoms. The molecule has 0 aliphatic carbocycles. The second kappa shape index (κ2) is 13.8. The quantitative estimate of drug-likeness (QED) is 0.169. The lowest BCUT2D eigenvalue weighted by Gasteiger charge is -2.42. The van der Waals surface area contributed by atoms with Crippen molar-refractivity contribution in [1.29, 1.82) is 0 Å². The molecule has 6 heteroatoms. The molecule has 3 heterocycles. The zero-order valence-corrected chi connectivity index (χ0v) is 34.1. The van der Waals surface area contributed by atoms with Gasteiger partial charge in [-0.25, -0.2) is 9.97 Å². The first-order valence-electron chi connectivity index (χ1n) is 21.4. The third-order valence-electron chi connectivity index (χ3n) is 12.8. The summed E-state index contributed by atoms with van der Waals surface area (Å²) in [5.41, 5.74) is 12.9. The predicted molar refractivity (Wildman–Crippen MR) is 266 cm³/mol. The lowest BCUT2D eigenvalue weighted by Crippen LogP contribution is -2.62. The van der Waals surface area contributed by atoms with Gasteiger partial charge in [-0.05, 0) is 120 Å². The highest BCUT2D eigenvalue weighted by Crippen LogP contribution is 2.56. The number of aromatic nitrogens is 2. The Labute approximate surface area is 367 Å². The van der Waals surface area contributed by atoms with Crippen molar-refractivity contribution >= 4 is 77.7 Å². The number of anilines is 6. The summed E-state index contributed by atoms with van der Waals surface area (Å²) in [5, 5.41) is 15.2. The second-order valence-corrected chi connectivity index (χ2v) is 16.4. The molecule has 0 atom stereocenters. The van der Waals surface area contributed by atoms with Crippen LogP contribution in [-0.2, 0) is 0 Å². The number of hydrogen-bond acceptors (Lipinski definition) is 6. The minimum Gasteiger partial charge on any atom is -0.308 e. The van der Waals surface area contributed by atoms with E-state index >= 15 is 0 Å². The van der Waals surface area contributed by atoms with Crippen molar-refractivity contribution in [2.45, 2.75) is 5.91 Å². The van der Waals surface area contributed by atoms with Crippen molar-refractivity contribution in [3.63, 3.8) is 0 Å². The monoisotopic (exact) mass is 810 g/mol. The van der Waals surface area contributed by atoms with Gasteiger partial charge in [-0.2, -0.15) is 0 Å². The van der Waals surface area contributed by atoms with Crippen LogP contribution in [0.5, 0.6) is 0 Å². The topological polar surface area (TPSA) is 56.3 Å². The van der Waals surface area contributed by atoms with Gasteiger partial charge in [0.05, 0.1) is 22.4 Å². The zero-order chi connectivity index (χ0) is 41.5. The number of rotatable bonds is 5. The zero-order valence-electron chi connectivity index (χ0n) is 34.1. The van der Waals surface area contributed by atoms with Crippen LogP contribution in [0, 0.1) is 0 Å². The van der Waals surface area contributed by atoms with E-state index in [1.54, 1.807) is 0 Å². The minimum absolute atomic E-state index is 0. The summed E-state index contributed by atoms with van der Waals surface area (Å²) >= 11 is 0. The number of nitrogens with zero attached hydrogens (tertiary/aromatic N) is 4. The molecule has 0 bridgehead atoms. The lowest BCUT2D eigenvalue weighted by atomic mass is 9.85. The minimum atomic E-state index is -1.04. The molecule has 13 rings (SSSR count). The first-order valence-corrected chi connectivity index (χ1v) is 21.4. The number of nitrogens with one attached hydrogen (secondary N) is 2. The van der Waals surface area contributed by atoms with E-state index in [1.807, 2.05) is 24.3 Å². The average Bonchev–Trinajstić information content (AvgIpc) is 3.85. The fourth-order valence-electron chi connectivity index (χ4n) is 10.0. The van der Waals surface area contributed by atoms with Gasteiger partial charge in [-0.15, -0.1) is 0 Å². The SMILES string of the molecule is [HH].[HH].c1ccc(-c2cccc(N3c4ccccc4N(c4ccc(-c5c6ccccc6c(-c6ccc7ccccc7c6)c6ccccc56)cc4)C34Nc3nc5ccccc5nc3N4)c2)cc1. The standard InChI is InChI=1S/C57H38N6.2H2/c1-2-15-37(16-3-1)41-19-14-20-44(36-41)63-52-28-13-12-27-51(52)62(57(63)60-55-56(61-57)59-50-26-11-10-25-49(50)58-55)43-33-31-39(32-34-43)53-45-21-6-8-23-47(45)54(48-24-9-7-22-46(48)53)42-30-29-38-17-4-5-18-40(38)35-42;;/h1-36H,(H,58,60)(H,59,61);2*1H. The highest BCUT2D eigenvalue weighted by molar-refractivity contribution is 6.21. The molecular formula is C57H42N6. The van der Waals surface area contributed by atoms with Gasteiger partial charge in [0.25, 0.3) is 5.91 Å². The molecule has 0 radical (unpaired) electrons. The molecule has 10 aromatic carbocycles. The highest BCUT2D eigenvalue weighted by atomic mass is 15.7. The van der Waals surface area contributed by atoms with Gasteiger partial charge < -0.3 is 10.6 Å². The third kappa shape index (κ3) is 5.45. The molecule has 1 spiro atoms. The first kappa shape index (κ1) is 35.3. The van der Waals surface area contributed by atoms with Gasteiger partial charge in [0.15, 0.2) is 11.6 Å². The summed E-state index contributed by atoms with van der Waals surface area (Å²) in [6, 6.07) is 78.2. The Morgan fingerprint density at radius 3 is 1.48 bits per heavy atom. The summed E-state index contributed by atoms with van der Waals surface area (Å²) in [6.45, 7) is 0. The lowest BCUT2D eigenvalue weighted by molar-refractivity contribution is 0.588. The third-order valence-corrected chi connectivity index (χ3v) is 12.8. The van der Waals surface area contributed by atoms with E-state index < -0.39 is 5.91 Å². The van der Waals surface area contributed by atoms with Crippen molar-refractivity contribution < 1.29 is 2.85 Å². The van der Waals surface area contributed by atoms with E-state index in [0.717, 1.165) is 50.5 Å². The molecular weight excluding hydrogens is 769 g/mol. The Hall–Kier alpha value is -8.48. The fourth-order valence-corrected chi connectivity index (χ4v) is 10.0. The van der Waals surface area contributed by atoms with Crippen molar-refractivity contribution in [3.05, 3.63) is 218 Å². The second-order valence-electron chi connectivity index (χ2n) is 16.4. The maximum absolute atomic E-state index is 5.12. The smallest absolute Gasteiger partial charge is 0.284 e. The molecule has 0 amide bonds. The number of benzene rings is 10. The molecule has 0 fully saturated rings. The van der Waals surface area contributed by atoms with E-state index in [9.17, 15) is 0 Å². The predicted octanol–water partition coefficient (Wildman–Crippen LogP) is 15.0. The van der Waals surface area contributed by atoms with Crippen LogP contribution in [0.25, 0.3) is 76.7 Å². The highest BCUT2D eigenvalue weighted by Gasteiger charge is 2.56. The van der Waals surface area contributed by atoms with Gasteiger partial charge in [0, 0.05) is 14.2 Å². The van der Waals surface area contributed by atoms with Gasteiger partial charge in [0.1, 0.15) is 0 Å². The van der Waals surface area contributed by atoms with E-state index in [1.165, 1.54) is 49.0 Å². The van der Waals surface area contributed by atoms with Crippen LogP contribution in [0.4, 0.5) is 34.4 Å². The maximum Gasteiger partial charge on any atom is 0.284 e. The molecule has 0 unspecified atom stereocenters. The van der Waals surface area contributed by atoms with Crippen molar-refractivity contribution in [2.75, 3.05) is 20.4 Å². The normalized spacial score (nSPS) is 13.7. The molecule has 1 aromatic heterocycles. The molecule has 0 saturated carbocycles. The van der Waals surface area contributed by atoms with Crippen molar-refractivity contribution in [1.82, 2.24) is 9.97 Å². The van der Waals surface area contributed by atoms with E-state index in [-0.39, 0.29) is 2.85 Å². The van der Waals surface area contributed by atoms with Crippen LogP contribution in [-0.4, -0.2) is 15.9 Å². The van der Waals surface area contributed by atoms with Gasteiger partial charge in [-0.1, -0.05) is 164 Å². The molecule has 300 valence electrons. The van der Waals surface area contributed by atoms with Crippen LogP contribution in [0.2, 0.25) is 0 Å². The molecule has 0 saturated heterocycles.